The zero-order valence-electron chi connectivity index (χ0n) is 14.3. The molecule has 1 aliphatic rings. The number of rotatable bonds is 9. The number of carboxylic acid groups (broad SMARTS) is 2. The van der Waals surface area contributed by atoms with Gasteiger partial charge in [0.05, 0.1) is 19.8 Å². The molecule has 0 saturated carbocycles. The molecule has 138 valence electrons. The van der Waals surface area contributed by atoms with Crippen LogP contribution in [0.1, 0.15) is 44.5 Å². The Morgan fingerprint density at radius 3 is 2.20 bits per heavy atom. The van der Waals surface area contributed by atoms with Crippen molar-refractivity contribution in [1.82, 2.24) is 0 Å². The second-order valence-corrected chi connectivity index (χ2v) is 6.12. The van der Waals surface area contributed by atoms with E-state index >= 15 is 0 Å². The summed E-state index contributed by atoms with van der Waals surface area (Å²) in [5, 5.41) is 18.3. The van der Waals surface area contributed by atoms with Crippen LogP contribution in [0.25, 0.3) is 0 Å². The van der Waals surface area contributed by atoms with Gasteiger partial charge >= 0.3 is 11.9 Å². The lowest BCUT2D eigenvalue weighted by Gasteiger charge is -2.33. The van der Waals surface area contributed by atoms with Crippen molar-refractivity contribution in [2.45, 2.75) is 38.9 Å². The molecular formula is C18H24O7. The number of hydrogen-bond donors (Lipinski definition) is 2. The van der Waals surface area contributed by atoms with Gasteiger partial charge in [-0.25, -0.2) is 0 Å². The van der Waals surface area contributed by atoms with Crippen molar-refractivity contribution in [3.63, 3.8) is 0 Å². The van der Waals surface area contributed by atoms with Gasteiger partial charge in [0.15, 0.2) is 6.29 Å². The van der Waals surface area contributed by atoms with Crippen molar-refractivity contribution in [1.29, 1.82) is 0 Å². The molecule has 1 fully saturated rings. The Bertz CT molecular complexity index is 558. The van der Waals surface area contributed by atoms with Gasteiger partial charge in [0.2, 0.25) is 5.41 Å². The van der Waals surface area contributed by atoms with Gasteiger partial charge < -0.3 is 24.4 Å². The minimum Gasteiger partial charge on any atom is -0.494 e. The molecule has 2 N–H and O–H groups in total. The van der Waals surface area contributed by atoms with Gasteiger partial charge in [-0.1, -0.05) is 38.3 Å². The van der Waals surface area contributed by atoms with Gasteiger partial charge in [-0.15, -0.1) is 0 Å². The van der Waals surface area contributed by atoms with Crippen LogP contribution < -0.4 is 4.74 Å². The Kier molecular flexibility index (Phi) is 6.78. The molecule has 0 spiro atoms. The highest BCUT2D eigenvalue weighted by atomic mass is 16.7. The molecule has 0 aliphatic carbocycles. The summed E-state index contributed by atoms with van der Waals surface area (Å²) in [4.78, 5) is 22.4. The molecule has 25 heavy (non-hydrogen) atoms. The summed E-state index contributed by atoms with van der Waals surface area (Å²) in [5.74, 6) is -2.20. The number of aliphatic carboxylic acids is 2. The minimum atomic E-state index is -2.06. The highest BCUT2D eigenvalue weighted by Gasteiger charge is 2.51. The van der Waals surface area contributed by atoms with Crippen LogP contribution in [0, 0.1) is 5.41 Å². The normalized spacial score (nSPS) is 17.2. The smallest absolute Gasteiger partial charge is 0.325 e. The lowest BCUT2D eigenvalue weighted by atomic mass is 9.89. The first-order valence-electron chi connectivity index (χ1n) is 8.42. The van der Waals surface area contributed by atoms with Gasteiger partial charge in [-0.05, 0) is 18.6 Å². The van der Waals surface area contributed by atoms with Gasteiger partial charge in [-0.3, -0.25) is 9.59 Å². The second kappa shape index (κ2) is 8.82. The number of benzene rings is 1. The Hall–Kier alpha value is -2.12. The molecule has 0 radical (unpaired) electrons. The highest BCUT2D eigenvalue weighted by molar-refractivity contribution is 5.98. The van der Waals surface area contributed by atoms with Crippen molar-refractivity contribution in [3.05, 3.63) is 29.8 Å². The monoisotopic (exact) mass is 352 g/mol. The SMILES string of the molecule is CCCCCCOc1ccc(C2OCC(C(=O)O)(C(=O)O)CO2)cc1. The summed E-state index contributed by atoms with van der Waals surface area (Å²) in [7, 11) is 0. The molecule has 0 atom stereocenters. The number of unbranched alkanes of at least 4 members (excludes halogenated alkanes) is 3. The van der Waals surface area contributed by atoms with E-state index in [1.807, 2.05) is 0 Å². The van der Waals surface area contributed by atoms with Crippen molar-refractivity contribution in [2.75, 3.05) is 19.8 Å². The Morgan fingerprint density at radius 2 is 1.68 bits per heavy atom. The molecule has 1 aromatic carbocycles. The van der Waals surface area contributed by atoms with Crippen LogP contribution in [-0.2, 0) is 19.1 Å². The molecule has 7 nitrogen and oxygen atoms in total. The lowest BCUT2D eigenvalue weighted by Crippen LogP contribution is -2.50. The molecule has 1 saturated heterocycles. The number of carboxylic acids is 2. The fourth-order valence-electron chi connectivity index (χ4n) is 2.50. The van der Waals surface area contributed by atoms with E-state index in [9.17, 15) is 9.59 Å². The zero-order valence-corrected chi connectivity index (χ0v) is 14.3. The molecule has 0 unspecified atom stereocenters. The van der Waals surface area contributed by atoms with Crippen LogP contribution in [0.3, 0.4) is 0 Å². The summed E-state index contributed by atoms with van der Waals surface area (Å²) >= 11 is 0. The second-order valence-electron chi connectivity index (χ2n) is 6.12. The topological polar surface area (TPSA) is 102 Å². The predicted molar refractivity (Wildman–Crippen MR) is 88.4 cm³/mol. The summed E-state index contributed by atoms with van der Waals surface area (Å²) in [6.45, 7) is 1.93. The third-order valence-electron chi connectivity index (χ3n) is 4.20. The Labute approximate surface area is 146 Å². The van der Waals surface area contributed by atoms with Crippen LogP contribution in [0.5, 0.6) is 5.75 Å². The van der Waals surface area contributed by atoms with Crippen LogP contribution in [0.2, 0.25) is 0 Å². The summed E-state index contributed by atoms with van der Waals surface area (Å²) in [5.41, 5.74) is -1.37. The predicted octanol–water partition coefficient (Wildman–Crippen LogP) is 2.85. The van der Waals surface area contributed by atoms with E-state index in [1.165, 1.54) is 12.8 Å². The van der Waals surface area contributed by atoms with E-state index < -0.39 is 36.9 Å². The molecule has 1 heterocycles. The standard InChI is InChI=1S/C18H24O7/c1-2-3-4-5-10-23-14-8-6-13(7-9-14)15-24-11-18(12-25-15,16(19)20)17(21)22/h6-9,15H,2-5,10-12H2,1H3,(H,19,20)(H,21,22). The molecule has 2 rings (SSSR count). The van der Waals surface area contributed by atoms with Gasteiger partial charge in [-0.2, -0.15) is 0 Å². The Morgan fingerprint density at radius 1 is 1.08 bits per heavy atom. The molecule has 1 aromatic rings. The number of hydrogen-bond acceptors (Lipinski definition) is 5. The van der Waals surface area contributed by atoms with E-state index in [0.717, 1.165) is 18.6 Å². The van der Waals surface area contributed by atoms with Crippen molar-refractivity contribution < 1.29 is 34.0 Å². The fraction of sp³-hybridized carbons (Fsp3) is 0.556. The largest absolute Gasteiger partial charge is 0.494 e. The van der Waals surface area contributed by atoms with E-state index in [-0.39, 0.29) is 0 Å². The van der Waals surface area contributed by atoms with E-state index in [4.69, 9.17) is 24.4 Å². The first-order chi connectivity index (χ1) is 12.0. The van der Waals surface area contributed by atoms with Gasteiger partial charge in [0.1, 0.15) is 5.75 Å². The van der Waals surface area contributed by atoms with Crippen LogP contribution >= 0.6 is 0 Å². The van der Waals surface area contributed by atoms with Crippen LogP contribution in [0.4, 0.5) is 0 Å². The third kappa shape index (κ3) is 4.70. The maximum atomic E-state index is 11.2. The zero-order chi connectivity index (χ0) is 18.3. The summed E-state index contributed by atoms with van der Waals surface area (Å²) in [6.07, 6.45) is 3.75. The lowest BCUT2D eigenvalue weighted by molar-refractivity contribution is -0.240. The van der Waals surface area contributed by atoms with Crippen molar-refractivity contribution >= 4 is 11.9 Å². The first-order valence-corrected chi connectivity index (χ1v) is 8.42. The van der Waals surface area contributed by atoms with Crippen LogP contribution in [0.15, 0.2) is 24.3 Å². The average Bonchev–Trinajstić information content (AvgIpc) is 2.62. The molecule has 7 heteroatoms. The third-order valence-corrected chi connectivity index (χ3v) is 4.20. The van der Waals surface area contributed by atoms with Crippen LogP contribution in [-0.4, -0.2) is 42.0 Å². The summed E-state index contributed by atoms with van der Waals surface area (Å²) in [6, 6.07) is 7.11. The van der Waals surface area contributed by atoms with Gasteiger partial charge in [0.25, 0.3) is 0 Å². The first kappa shape index (κ1) is 19.2. The quantitative estimate of drug-likeness (QED) is 0.520. The highest BCUT2D eigenvalue weighted by Crippen LogP contribution is 2.33. The van der Waals surface area contributed by atoms with Crippen molar-refractivity contribution in [3.8, 4) is 5.75 Å². The molecule has 1 aliphatic heterocycles. The van der Waals surface area contributed by atoms with E-state index in [1.54, 1.807) is 24.3 Å². The molecule has 0 aromatic heterocycles. The van der Waals surface area contributed by atoms with E-state index in [2.05, 4.69) is 6.92 Å². The number of ether oxygens (including phenoxy) is 3. The maximum Gasteiger partial charge on any atom is 0.325 e. The Balaban J connectivity index is 1.87. The summed E-state index contributed by atoms with van der Waals surface area (Å²) < 4.78 is 16.3. The molecule has 0 bridgehead atoms. The molecule has 0 amide bonds. The van der Waals surface area contributed by atoms with E-state index in [0.29, 0.717) is 12.2 Å². The fourth-order valence-corrected chi connectivity index (χ4v) is 2.50. The maximum absolute atomic E-state index is 11.2. The average molecular weight is 352 g/mol. The number of carbonyl (C=O) groups is 2. The molecular weight excluding hydrogens is 328 g/mol. The van der Waals surface area contributed by atoms with Crippen molar-refractivity contribution in [2.24, 2.45) is 5.41 Å². The van der Waals surface area contributed by atoms with Gasteiger partial charge in [0, 0.05) is 5.56 Å². The minimum absolute atomic E-state index is 0.446.